The summed E-state index contributed by atoms with van der Waals surface area (Å²) in [6, 6.07) is 0. The van der Waals surface area contributed by atoms with Gasteiger partial charge in [0.1, 0.15) is 0 Å². The molecule has 2 rings (SSSR count). The van der Waals surface area contributed by atoms with Gasteiger partial charge in [0.05, 0.1) is 18.5 Å². The fourth-order valence-corrected chi connectivity index (χ4v) is 1.93. The average Bonchev–Trinajstić information content (AvgIpc) is 2.73. The van der Waals surface area contributed by atoms with Crippen molar-refractivity contribution in [2.75, 3.05) is 6.61 Å². The second kappa shape index (κ2) is 4.65. The molecule has 0 spiro atoms. The number of imidazole rings is 1. The molecule has 0 aromatic carbocycles. The van der Waals surface area contributed by atoms with Gasteiger partial charge >= 0.3 is 0 Å². The number of hydrogen-bond donors (Lipinski definition) is 2. The summed E-state index contributed by atoms with van der Waals surface area (Å²) in [5.41, 5.74) is -0.327. The lowest BCUT2D eigenvalue weighted by molar-refractivity contribution is -0.125. The predicted molar refractivity (Wildman–Crippen MR) is 58.7 cm³/mol. The third-order valence-corrected chi connectivity index (χ3v) is 3.17. The van der Waals surface area contributed by atoms with Crippen LogP contribution in [0.1, 0.15) is 25.7 Å². The van der Waals surface area contributed by atoms with E-state index < -0.39 is 0 Å². The third-order valence-electron chi connectivity index (χ3n) is 3.17. The number of carbonyl (C=O) groups excluding carboxylic acids is 1. The van der Waals surface area contributed by atoms with Gasteiger partial charge in [-0.2, -0.15) is 0 Å². The predicted octanol–water partition coefficient (Wildman–Crippen LogP) is 0.304. The second-order valence-corrected chi connectivity index (χ2v) is 4.39. The molecule has 5 heteroatoms. The number of carbonyl (C=O) groups is 1. The summed E-state index contributed by atoms with van der Waals surface area (Å²) in [7, 11) is 0. The molecule has 0 radical (unpaired) electrons. The molecular weight excluding hydrogens is 206 g/mol. The zero-order valence-corrected chi connectivity index (χ0v) is 9.22. The van der Waals surface area contributed by atoms with Gasteiger partial charge in [0.2, 0.25) is 5.91 Å². The van der Waals surface area contributed by atoms with Crippen molar-refractivity contribution in [3.8, 4) is 0 Å². The lowest BCUT2D eigenvalue weighted by atomic mass is 9.77. The van der Waals surface area contributed by atoms with Crippen LogP contribution in [0.3, 0.4) is 0 Å². The van der Waals surface area contributed by atoms with Crippen molar-refractivity contribution >= 4 is 5.91 Å². The van der Waals surface area contributed by atoms with Crippen molar-refractivity contribution in [3.63, 3.8) is 0 Å². The van der Waals surface area contributed by atoms with Crippen molar-refractivity contribution in [2.45, 2.75) is 37.8 Å². The van der Waals surface area contributed by atoms with Crippen LogP contribution in [0, 0.1) is 0 Å². The van der Waals surface area contributed by atoms with Gasteiger partial charge < -0.3 is 15.0 Å². The highest BCUT2D eigenvalue weighted by molar-refractivity contribution is 5.76. The molecule has 0 bridgehead atoms. The number of nitrogens with zero attached hydrogens (tertiary/aromatic N) is 2. The monoisotopic (exact) mass is 223 g/mol. The number of amides is 1. The minimum absolute atomic E-state index is 0.00227. The first-order valence-electron chi connectivity index (χ1n) is 5.62. The van der Waals surface area contributed by atoms with E-state index in [0.717, 1.165) is 19.3 Å². The van der Waals surface area contributed by atoms with Crippen LogP contribution in [-0.2, 0) is 11.3 Å². The lowest BCUT2D eigenvalue weighted by Crippen LogP contribution is -2.56. The SMILES string of the molecule is O=C(CCn1ccnc1)NC1(CO)CCC1. The molecule has 1 aromatic heterocycles. The average molecular weight is 223 g/mol. The molecule has 0 atom stereocenters. The summed E-state index contributed by atoms with van der Waals surface area (Å²) < 4.78 is 1.87. The van der Waals surface area contributed by atoms with Crippen LogP contribution < -0.4 is 5.32 Å². The van der Waals surface area contributed by atoms with Gasteiger partial charge in [-0.1, -0.05) is 0 Å². The molecule has 1 aliphatic rings. The summed E-state index contributed by atoms with van der Waals surface area (Å²) in [6.07, 6.45) is 8.51. The molecule has 0 aliphatic heterocycles. The topological polar surface area (TPSA) is 67.2 Å². The van der Waals surface area contributed by atoms with E-state index in [1.54, 1.807) is 12.5 Å². The lowest BCUT2D eigenvalue weighted by Gasteiger charge is -2.41. The summed E-state index contributed by atoms with van der Waals surface area (Å²) in [6.45, 7) is 0.678. The maximum absolute atomic E-state index is 11.6. The Bertz CT molecular complexity index is 339. The Morgan fingerprint density at radius 3 is 2.88 bits per heavy atom. The molecule has 1 aliphatic carbocycles. The number of aliphatic hydroxyl groups excluding tert-OH is 1. The Morgan fingerprint density at radius 1 is 1.56 bits per heavy atom. The summed E-state index contributed by atoms with van der Waals surface area (Å²) in [5.74, 6) is 0.00227. The van der Waals surface area contributed by atoms with Gasteiger partial charge in [0.15, 0.2) is 0 Å². The molecule has 88 valence electrons. The number of hydrogen-bond acceptors (Lipinski definition) is 3. The van der Waals surface area contributed by atoms with Gasteiger partial charge in [0, 0.05) is 25.4 Å². The standard InChI is InChI=1S/C11H17N3O2/c15-8-11(3-1-4-11)13-10(16)2-6-14-7-5-12-9-14/h5,7,9,15H,1-4,6,8H2,(H,13,16). The summed E-state index contributed by atoms with van der Waals surface area (Å²) in [5, 5.41) is 12.1. The fraction of sp³-hybridized carbons (Fsp3) is 0.636. The van der Waals surface area contributed by atoms with E-state index >= 15 is 0 Å². The van der Waals surface area contributed by atoms with Crippen LogP contribution in [0.2, 0.25) is 0 Å². The summed E-state index contributed by atoms with van der Waals surface area (Å²) in [4.78, 5) is 15.6. The Balaban J connectivity index is 1.76. The highest BCUT2D eigenvalue weighted by Gasteiger charge is 2.37. The van der Waals surface area contributed by atoms with Gasteiger partial charge in [-0.3, -0.25) is 4.79 Å². The van der Waals surface area contributed by atoms with Crippen LogP contribution in [0.5, 0.6) is 0 Å². The van der Waals surface area contributed by atoms with Crippen molar-refractivity contribution in [1.29, 1.82) is 0 Å². The smallest absolute Gasteiger partial charge is 0.222 e. The minimum atomic E-state index is -0.327. The number of aryl methyl sites for hydroxylation is 1. The Kier molecular flexibility index (Phi) is 3.24. The second-order valence-electron chi connectivity index (χ2n) is 4.39. The molecule has 1 saturated carbocycles. The summed E-state index contributed by atoms with van der Waals surface area (Å²) >= 11 is 0. The molecule has 0 saturated heterocycles. The largest absolute Gasteiger partial charge is 0.394 e. The van der Waals surface area contributed by atoms with Crippen molar-refractivity contribution in [3.05, 3.63) is 18.7 Å². The van der Waals surface area contributed by atoms with E-state index in [1.165, 1.54) is 0 Å². The van der Waals surface area contributed by atoms with E-state index in [4.69, 9.17) is 0 Å². The van der Waals surface area contributed by atoms with Gasteiger partial charge in [-0.05, 0) is 19.3 Å². The fourth-order valence-electron chi connectivity index (χ4n) is 1.93. The number of aromatic nitrogens is 2. The molecule has 5 nitrogen and oxygen atoms in total. The van der Waals surface area contributed by atoms with Crippen LogP contribution >= 0.6 is 0 Å². The highest BCUT2D eigenvalue weighted by Crippen LogP contribution is 2.31. The molecule has 16 heavy (non-hydrogen) atoms. The quantitative estimate of drug-likeness (QED) is 0.754. The molecule has 2 N–H and O–H groups in total. The van der Waals surface area contributed by atoms with Crippen molar-refractivity contribution in [2.24, 2.45) is 0 Å². The Morgan fingerprint density at radius 2 is 2.38 bits per heavy atom. The van der Waals surface area contributed by atoms with Crippen LogP contribution in [-0.4, -0.2) is 32.7 Å². The molecule has 0 unspecified atom stereocenters. The van der Waals surface area contributed by atoms with Crippen LogP contribution in [0.15, 0.2) is 18.7 Å². The highest BCUT2D eigenvalue weighted by atomic mass is 16.3. The maximum atomic E-state index is 11.6. The Hall–Kier alpha value is -1.36. The zero-order chi connectivity index (χ0) is 11.4. The van der Waals surface area contributed by atoms with E-state index in [-0.39, 0.29) is 18.1 Å². The van der Waals surface area contributed by atoms with Crippen LogP contribution in [0.4, 0.5) is 0 Å². The molecular formula is C11H17N3O2. The number of rotatable bonds is 5. The Labute approximate surface area is 94.5 Å². The number of aliphatic hydroxyl groups is 1. The van der Waals surface area contributed by atoms with Crippen molar-refractivity contribution in [1.82, 2.24) is 14.9 Å². The third kappa shape index (κ3) is 2.41. The zero-order valence-electron chi connectivity index (χ0n) is 9.22. The first-order valence-corrected chi connectivity index (χ1v) is 5.62. The first-order chi connectivity index (χ1) is 7.74. The van der Waals surface area contributed by atoms with Gasteiger partial charge in [-0.15, -0.1) is 0 Å². The van der Waals surface area contributed by atoms with E-state index in [2.05, 4.69) is 10.3 Å². The molecule has 1 heterocycles. The number of nitrogens with one attached hydrogen (secondary N) is 1. The van der Waals surface area contributed by atoms with Crippen molar-refractivity contribution < 1.29 is 9.90 Å². The van der Waals surface area contributed by atoms with Crippen LogP contribution in [0.25, 0.3) is 0 Å². The first kappa shape index (κ1) is 11.1. The normalized spacial score (nSPS) is 17.8. The van der Waals surface area contributed by atoms with Gasteiger partial charge in [0.25, 0.3) is 0 Å². The van der Waals surface area contributed by atoms with Gasteiger partial charge in [-0.25, -0.2) is 4.98 Å². The minimum Gasteiger partial charge on any atom is -0.394 e. The molecule has 1 fully saturated rings. The van der Waals surface area contributed by atoms with E-state index in [0.29, 0.717) is 13.0 Å². The molecule has 1 amide bonds. The molecule has 1 aromatic rings. The maximum Gasteiger partial charge on any atom is 0.222 e. The van der Waals surface area contributed by atoms with E-state index in [9.17, 15) is 9.90 Å². The van der Waals surface area contributed by atoms with E-state index in [1.807, 2.05) is 10.8 Å².